The summed E-state index contributed by atoms with van der Waals surface area (Å²) in [6.45, 7) is 10.4. The first-order valence-corrected chi connectivity index (χ1v) is 9.03. The first kappa shape index (κ1) is 30.6. The molecule has 28 heavy (non-hydrogen) atoms. The number of hydrogen-bond acceptors (Lipinski definition) is 4. The van der Waals surface area contributed by atoms with Gasteiger partial charge in [-0.2, -0.15) is 13.2 Å². The van der Waals surface area contributed by atoms with Gasteiger partial charge in [0.15, 0.2) is 0 Å². The molecule has 1 aromatic rings. The summed E-state index contributed by atoms with van der Waals surface area (Å²) in [5.41, 5.74) is 3.68. The number of nitrogens with two attached hydrogens (primary N) is 1. The highest BCUT2D eigenvalue weighted by atomic mass is 19.4. The second-order valence-electron chi connectivity index (χ2n) is 5.29. The molecule has 0 bridgehead atoms. The lowest BCUT2D eigenvalue weighted by Crippen LogP contribution is -2.33. The molecule has 0 aliphatic carbocycles. The lowest BCUT2D eigenvalue weighted by molar-refractivity contribution is -0.137. The fourth-order valence-electron chi connectivity index (χ4n) is 1.46. The second-order valence-corrected chi connectivity index (χ2v) is 5.29. The summed E-state index contributed by atoms with van der Waals surface area (Å²) in [5.74, 6) is -1.56. The predicted molar refractivity (Wildman–Crippen MR) is 106 cm³/mol. The quantitative estimate of drug-likeness (QED) is 0.542. The van der Waals surface area contributed by atoms with Crippen LogP contribution in [0.25, 0.3) is 0 Å². The minimum absolute atomic E-state index is 0.180. The van der Waals surface area contributed by atoms with Crippen molar-refractivity contribution in [3.8, 4) is 0 Å². The highest BCUT2D eigenvalue weighted by Crippen LogP contribution is 2.29. The summed E-state index contributed by atoms with van der Waals surface area (Å²) in [7, 11) is 1.00. The van der Waals surface area contributed by atoms with E-state index in [2.05, 4.69) is 38.3 Å². The van der Waals surface area contributed by atoms with E-state index in [1.165, 1.54) is 18.9 Å². The fraction of sp³-hybridized carbons (Fsp3) is 0.579. The molecule has 2 amide bonds. The molecule has 1 aromatic carbocycles. The van der Waals surface area contributed by atoms with Crippen molar-refractivity contribution in [2.45, 2.75) is 46.7 Å². The number of benzene rings is 1. The average Bonchev–Trinajstić information content (AvgIpc) is 2.66. The number of rotatable bonds is 6. The van der Waals surface area contributed by atoms with Crippen molar-refractivity contribution in [1.82, 2.24) is 10.6 Å². The molecule has 0 aromatic heterocycles. The maximum Gasteiger partial charge on any atom is 0.416 e. The Labute approximate surface area is 165 Å². The largest absolute Gasteiger partial charge is 0.416 e. The zero-order chi connectivity index (χ0) is 22.6. The van der Waals surface area contributed by atoms with Gasteiger partial charge in [-0.25, -0.2) is 0 Å². The number of primary amides is 1. The summed E-state index contributed by atoms with van der Waals surface area (Å²) in [6.07, 6.45) is -2.02. The average molecular weight is 409 g/mol. The topological polar surface area (TPSA) is 104 Å². The number of aliphatic hydroxyl groups excluding tert-OH is 1. The molecule has 0 radical (unpaired) electrons. The molecule has 1 rings (SSSR count). The summed E-state index contributed by atoms with van der Waals surface area (Å²) in [5, 5.41) is 12.3. The van der Waals surface area contributed by atoms with Crippen LogP contribution in [0.1, 0.15) is 56.5 Å². The van der Waals surface area contributed by atoms with Gasteiger partial charge in [0.25, 0.3) is 5.91 Å². The summed E-state index contributed by atoms with van der Waals surface area (Å²) in [4.78, 5) is 21.7. The molecule has 164 valence electrons. The summed E-state index contributed by atoms with van der Waals surface area (Å²) < 4.78 is 37.0. The number of nitrogens with one attached hydrogen (secondary N) is 2. The Hall–Kier alpha value is -2.13. The normalized spacial score (nSPS) is 9.46. The minimum atomic E-state index is -4.51. The molecule has 0 aliphatic rings. The van der Waals surface area contributed by atoms with Crippen LogP contribution < -0.4 is 16.4 Å². The Morgan fingerprint density at radius 1 is 1.11 bits per heavy atom. The first-order valence-electron chi connectivity index (χ1n) is 9.03. The van der Waals surface area contributed by atoms with Gasteiger partial charge in [0.1, 0.15) is 0 Å². The maximum atomic E-state index is 12.3. The van der Waals surface area contributed by atoms with Crippen LogP contribution in [0, 0.1) is 0 Å². The zero-order valence-electron chi connectivity index (χ0n) is 17.3. The molecule has 0 spiro atoms. The third kappa shape index (κ3) is 18.7. The highest BCUT2D eigenvalue weighted by molar-refractivity contribution is 5.96. The smallest absolute Gasteiger partial charge is 0.400 e. The lowest BCUT2D eigenvalue weighted by Gasteiger charge is -2.08. The number of carbonyl (C=O) groups excluding carboxylic acids is 2. The van der Waals surface area contributed by atoms with E-state index in [-0.39, 0.29) is 5.56 Å². The molecule has 0 aliphatic heterocycles. The van der Waals surface area contributed by atoms with E-state index in [1.54, 1.807) is 0 Å². The molecule has 0 atom stereocenters. The van der Waals surface area contributed by atoms with Gasteiger partial charge in [0.2, 0.25) is 5.91 Å². The van der Waals surface area contributed by atoms with Crippen LogP contribution in [0.15, 0.2) is 24.3 Å². The molecule has 0 unspecified atom stereocenters. The number of halogens is 3. The van der Waals surface area contributed by atoms with Crippen molar-refractivity contribution >= 4 is 11.8 Å². The van der Waals surface area contributed by atoms with Gasteiger partial charge in [0, 0.05) is 12.7 Å². The summed E-state index contributed by atoms with van der Waals surface area (Å²) in [6, 6.07) is 3.88. The van der Waals surface area contributed by atoms with Crippen molar-refractivity contribution in [1.29, 1.82) is 0 Å². The van der Waals surface area contributed by atoms with Crippen LogP contribution in [-0.2, 0) is 11.0 Å². The van der Waals surface area contributed by atoms with E-state index < -0.39 is 30.1 Å². The van der Waals surface area contributed by atoms with E-state index >= 15 is 0 Å². The van der Waals surface area contributed by atoms with Crippen molar-refractivity contribution < 1.29 is 27.9 Å². The number of hydrogen-bond donors (Lipinski definition) is 4. The van der Waals surface area contributed by atoms with Crippen LogP contribution >= 0.6 is 0 Å². The second kappa shape index (κ2) is 19.6. The first-order chi connectivity index (χ1) is 13.1. The van der Waals surface area contributed by atoms with Crippen molar-refractivity contribution in [3.05, 3.63) is 35.4 Å². The van der Waals surface area contributed by atoms with Crippen molar-refractivity contribution in [3.63, 3.8) is 0 Å². The van der Waals surface area contributed by atoms with E-state index in [0.717, 1.165) is 32.3 Å². The van der Waals surface area contributed by atoms with E-state index in [9.17, 15) is 22.8 Å². The third-order valence-corrected chi connectivity index (χ3v) is 2.55. The van der Waals surface area contributed by atoms with Gasteiger partial charge >= 0.3 is 6.18 Å². The van der Waals surface area contributed by atoms with Gasteiger partial charge < -0.3 is 21.5 Å². The van der Waals surface area contributed by atoms with Gasteiger partial charge in [-0.1, -0.05) is 40.2 Å². The Kier molecular flexibility index (Phi) is 21.4. The fourth-order valence-corrected chi connectivity index (χ4v) is 1.46. The van der Waals surface area contributed by atoms with Crippen LogP contribution in [0.3, 0.4) is 0 Å². The molecule has 0 heterocycles. The Morgan fingerprint density at radius 3 is 2.00 bits per heavy atom. The number of aliphatic hydroxyl groups is 1. The van der Waals surface area contributed by atoms with E-state index in [4.69, 9.17) is 10.8 Å². The molecular formula is C19H34F3N3O3. The molecule has 6 nitrogen and oxygen atoms in total. The Balaban J connectivity index is -0.000000473. The van der Waals surface area contributed by atoms with Crippen LogP contribution in [0.5, 0.6) is 0 Å². The predicted octanol–water partition coefficient (Wildman–Crippen LogP) is 2.95. The monoisotopic (exact) mass is 409 g/mol. The van der Waals surface area contributed by atoms with E-state index in [1.807, 2.05) is 0 Å². The van der Waals surface area contributed by atoms with Crippen molar-refractivity contribution in [2.24, 2.45) is 5.73 Å². The van der Waals surface area contributed by atoms with Crippen LogP contribution in [0.2, 0.25) is 0 Å². The minimum Gasteiger partial charge on any atom is -0.400 e. The molecule has 0 saturated heterocycles. The van der Waals surface area contributed by atoms with Gasteiger partial charge in [-0.05, 0) is 37.7 Å². The number of alkyl halides is 3. The maximum absolute atomic E-state index is 12.3. The van der Waals surface area contributed by atoms with Crippen LogP contribution in [0.4, 0.5) is 13.2 Å². The Bertz CT molecular complexity index is 521. The zero-order valence-corrected chi connectivity index (χ0v) is 17.3. The molecule has 0 saturated carbocycles. The van der Waals surface area contributed by atoms with Gasteiger partial charge in [-0.15, -0.1) is 0 Å². The van der Waals surface area contributed by atoms with Crippen molar-refractivity contribution in [2.75, 3.05) is 26.7 Å². The lowest BCUT2D eigenvalue weighted by atomic mass is 10.1. The van der Waals surface area contributed by atoms with Gasteiger partial charge in [0.05, 0.1) is 12.1 Å². The SMILES string of the molecule is CCC.CCCNCC.CO.NC(=O)CNC(=O)c1cccc(C(F)(F)F)c1. The molecule has 9 heteroatoms. The third-order valence-electron chi connectivity index (χ3n) is 2.55. The molecule has 5 N–H and O–H groups in total. The number of carbonyl (C=O) groups is 2. The highest BCUT2D eigenvalue weighted by Gasteiger charge is 2.30. The standard InChI is InChI=1S/C10H9F3N2O2.C5H13N.C3H8.CH4O/c11-10(12,13)7-3-1-2-6(4-7)9(17)15-5-8(14)16;1-3-5-6-4-2;1-3-2;1-2/h1-4H,5H2,(H2,14,16)(H,15,17);6H,3-5H2,1-2H3;3H2,1-2H3;2H,1H3. The van der Waals surface area contributed by atoms with Crippen LogP contribution in [-0.4, -0.2) is 43.7 Å². The van der Waals surface area contributed by atoms with Gasteiger partial charge in [-0.3, -0.25) is 9.59 Å². The Morgan fingerprint density at radius 2 is 1.64 bits per heavy atom. The molecule has 0 fully saturated rings. The molecular weight excluding hydrogens is 375 g/mol. The number of amides is 2. The van der Waals surface area contributed by atoms with E-state index in [0.29, 0.717) is 6.07 Å². The summed E-state index contributed by atoms with van der Waals surface area (Å²) >= 11 is 0.